The zero-order valence-electron chi connectivity index (χ0n) is 15.9. The normalized spacial score (nSPS) is 16.3. The molecule has 1 atom stereocenters. The fourth-order valence-corrected chi connectivity index (χ4v) is 4.16. The Hall–Kier alpha value is -2.56. The number of nitrogens with two attached hydrogens (primary N) is 2. The van der Waals surface area contributed by atoms with Crippen LogP contribution in [0, 0.1) is 5.92 Å². The molecule has 0 saturated carbocycles. The third-order valence-electron chi connectivity index (χ3n) is 5.28. The van der Waals surface area contributed by atoms with Crippen molar-refractivity contribution in [2.75, 3.05) is 30.3 Å². The van der Waals surface area contributed by atoms with E-state index in [2.05, 4.69) is 30.8 Å². The molecule has 7 nitrogen and oxygen atoms in total. The highest BCUT2D eigenvalue weighted by molar-refractivity contribution is 9.10. The molecule has 1 aliphatic rings. The van der Waals surface area contributed by atoms with Crippen LogP contribution >= 0.6 is 15.9 Å². The fraction of sp³-hybridized carbons (Fsp3) is 0.421. The number of anilines is 2. The molecule has 1 unspecified atom stereocenters. The number of piperidine rings is 1. The van der Waals surface area contributed by atoms with Crippen LogP contribution in [0.3, 0.4) is 0 Å². The largest absolute Gasteiger partial charge is 0.449 e. The monoisotopic (exact) mass is 487 g/mol. The van der Waals surface area contributed by atoms with Gasteiger partial charge < -0.3 is 21.1 Å². The lowest BCUT2D eigenvalue weighted by molar-refractivity contribution is -0.137. The molecule has 0 radical (unpaired) electrons. The number of carbonyl (C=O) groups is 1. The van der Waals surface area contributed by atoms with E-state index >= 15 is 0 Å². The lowest BCUT2D eigenvalue weighted by Crippen LogP contribution is -2.37. The summed E-state index contributed by atoms with van der Waals surface area (Å²) in [5, 5.41) is 0. The molecule has 0 spiro atoms. The number of benzene rings is 1. The summed E-state index contributed by atoms with van der Waals surface area (Å²) in [6, 6.07) is 4.96. The van der Waals surface area contributed by atoms with E-state index < -0.39 is 17.8 Å². The zero-order valence-corrected chi connectivity index (χ0v) is 17.5. The summed E-state index contributed by atoms with van der Waals surface area (Å²) in [5.41, 5.74) is 10.9. The first kappa shape index (κ1) is 22.1. The summed E-state index contributed by atoms with van der Waals surface area (Å²) in [6.07, 6.45) is -2.47. The Bertz CT molecular complexity index is 887. The van der Waals surface area contributed by atoms with Crippen LogP contribution in [0.4, 0.5) is 29.6 Å². The van der Waals surface area contributed by atoms with E-state index in [4.69, 9.17) is 16.2 Å². The number of primary amides is 1. The summed E-state index contributed by atoms with van der Waals surface area (Å²) in [7, 11) is 0. The van der Waals surface area contributed by atoms with Crippen molar-refractivity contribution in [1.82, 2.24) is 9.97 Å². The lowest BCUT2D eigenvalue weighted by Gasteiger charge is -2.37. The number of halogens is 4. The first-order valence-electron chi connectivity index (χ1n) is 9.27. The van der Waals surface area contributed by atoms with Gasteiger partial charge in [0.2, 0.25) is 0 Å². The smallest absolute Gasteiger partial charge is 0.416 e. The molecular formula is C19H21BrF3N5O2. The van der Waals surface area contributed by atoms with Crippen molar-refractivity contribution < 1.29 is 22.7 Å². The molecule has 0 bridgehead atoms. The molecular weight excluding hydrogens is 467 g/mol. The number of carbonyl (C=O) groups excluding carboxylic acids is 1. The van der Waals surface area contributed by atoms with E-state index in [9.17, 15) is 18.0 Å². The number of amides is 1. The summed E-state index contributed by atoms with van der Waals surface area (Å²) in [5.74, 6) is 0.871. The molecule has 2 aromatic rings. The molecule has 1 aliphatic heterocycles. The van der Waals surface area contributed by atoms with Gasteiger partial charge in [-0.25, -0.2) is 14.8 Å². The molecule has 11 heteroatoms. The molecule has 4 N–H and O–H groups in total. The van der Waals surface area contributed by atoms with E-state index in [-0.39, 0.29) is 18.4 Å². The molecule has 162 valence electrons. The van der Waals surface area contributed by atoms with Gasteiger partial charge in [-0.1, -0.05) is 12.1 Å². The maximum Gasteiger partial charge on any atom is 0.416 e. The molecule has 1 saturated heterocycles. The van der Waals surface area contributed by atoms with Gasteiger partial charge in [0.25, 0.3) is 0 Å². The SMILES string of the molecule is NC(=O)OCC(c1ccc(C(F)(F)F)cc1)C1CCN(c2ncnc(N)c2Br)CC1. The van der Waals surface area contributed by atoms with Crippen molar-refractivity contribution in [2.24, 2.45) is 11.7 Å². The Kier molecular flexibility index (Phi) is 6.69. The first-order valence-corrected chi connectivity index (χ1v) is 10.1. The van der Waals surface area contributed by atoms with Gasteiger partial charge in [-0.05, 0) is 52.4 Å². The first-order chi connectivity index (χ1) is 14.2. The number of ether oxygens (including phenoxy) is 1. The second kappa shape index (κ2) is 9.07. The van der Waals surface area contributed by atoms with E-state index in [0.29, 0.717) is 34.8 Å². The van der Waals surface area contributed by atoms with Gasteiger partial charge in [0.15, 0.2) is 0 Å². The van der Waals surface area contributed by atoms with Crippen molar-refractivity contribution in [1.29, 1.82) is 0 Å². The van der Waals surface area contributed by atoms with Crippen LogP contribution in [0.5, 0.6) is 0 Å². The lowest BCUT2D eigenvalue weighted by atomic mass is 9.80. The van der Waals surface area contributed by atoms with Crippen molar-refractivity contribution in [3.05, 3.63) is 46.2 Å². The van der Waals surface area contributed by atoms with Crippen LogP contribution in [0.2, 0.25) is 0 Å². The fourth-order valence-electron chi connectivity index (χ4n) is 3.70. The molecule has 1 aromatic carbocycles. The predicted molar refractivity (Wildman–Crippen MR) is 109 cm³/mol. The van der Waals surface area contributed by atoms with Crippen molar-refractivity contribution in [2.45, 2.75) is 24.9 Å². The van der Waals surface area contributed by atoms with Crippen molar-refractivity contribution >= 4 is 33.7 Å². The van der Waals surface area contributed by atoms with E-state index in [1.54, 1.807) is 0 Å². The van der Waals surface area contributed by atoms with Crippen LogP contribution in [-0.2, 0) is 10.9 Å². The second-order valence-electron chi connectivity index (χ2n) is 7.08. The minimum absolute atomic E-state index is 0.00944. The minimum atomic E-state index is -4.41. The van der Waals surface area contributed by atoms with Crippen LogP contribution < -0.4 is 16.4 Å². The van der Waals surface area contributed by atoms with Gasteiger partial charge in [0, 0.05) is 19.0 Å². The van der Waals surface area contributed by atoms with Crippen LogP contribution in [0.1, 0.15) is 29.9 Å². The van der Waals surface area contributed by atoms with Crippen molar-refractivity contribution in [3.63, 3.8) is 0 Å². The standard InChI is InChI=1S/C19H21BrF3N5O2/c20-15-16(24)26-10-27-17(15)28-7-5-12(6-8-28)14(9-30-18(25)29)11-1-3-13(4-2-11)19(21,22)23/h1-4,10,12,14H,5-9H2,(H2,25,29)(H2,24,26,27). The molecule has 1 aromatic heterocycles. The van der Waals surface area contributed by atoms with E-state index in [1.165, 1.54) is 18.5 Å². The number of rotatable bonds is 5. The van der Waals surface area contributed by atoms with E-state index in [0.717, 1.165) is 25.0 Å². The predicted octanol–water partition coefficient (Wildman–Crippen LogP) is 3.94. The average molecular weight is 488 g/mol. The highest BCUT2D eigenvalue weighted by Gasteiger charge is 2.33. The van der Waals surface area contributed by atoms with Crippen molar-refractivity contribution in [3.8, 4) is 0 Å². The van der Waals surface area contributed by atoms with Crippen LogP contribution in [0.25, 0.3) is 0 Å². The molecule has 30 heavy (non-hydrogen) atoms. The molecule has 3 rings (SSSR count). The summed E-state index contributed by atoms with van der Waals surface area (Å²) in [6.45, 7) is 1.33. The Labute approximate surface area is 179 Å². The summed E-state index contributed by atoms with van der Waals surface area (Å²) < 4.78 is 44.3. The number of aromatic nitrogens is 2. The number of hydrogen-bond donors (Lipinski definition) is 2. The highest BCUT2D eigenvalue weighted by Crippen LogP contribution is 2.37. The van der Waals surface area contributed by atoms with Gasteiger partial charge in [0.05, 0.1) is 5.56 Å². The minimum Gasteiger partial charge on any atom is -0.449 e. The number of alkyl halides is 3. The topological polar surface area (TPSA) is 107 Å². The van der Waals surface area contributed by atoms with Crippen LogP contribution in [-0.4, -0.2) is 35.8 Å². The summed E-state index contributed by atoms with van der Waals surface area (Å²) >= 11 is 3.41. The maximum absolute atomic E-state index is 12.9. The zero-order chi connectivity index (χ0) is 21.9. The molecule has 0 aliphatic carbocycles. The molecule has 1 fully saturated rings. The second-order valence-corrected chi connectivity index (χ2v) is 7.87. The molecule has 1 amide bonds. The number of hydrogen-bond acceptors (Lipinski definition) is 6. The Morgan fingerprint density at radius 2 is 1.87 bits per heavy atom. The Morgan fingerprint density at radius 3 is 2.43 bits per heavy atom. The Morgan fingerprint density at radius 1 is 1.23 bits per heavy atom. The van der Waals surface area contributed by atoms with Gasteiger partial charge in [-0.15, -0.1) is 0 Å². The van der Waals surface area contributed by atoms with Gasteiger partial charge in [-0.3, -0.25) is 0 Å². The maximum atomic E-state index is 12.9. The number of nitrogens with zero attached hydrogens (tertiary/aromatic N) is 3. The number of nitrogen functional groups attached to an aromatic ring is 1. The third kappa shape index (κ3) is 5.13. The van der Waals surface area contributed by atoms with Gasteiger partial charge >= 0.3 is 12.3 Å². The van der Waals surface area contributed by atoms with Crippen LogP contribution in [0.15, 0.2) is 35.1 Å². The summed E-state index contributed by atoms with van der Waals surface area (Å²) in [4.78, 5) is 21.4. The third-order valence-corrected chi connectivity index (χ3v) is 6.04. The Balaban J connectivity index is 1.75. The average Bonchev–Trinajstić information content (AvgIpc) is 2.70. The van der Waals surface area contributed by atoms with Gasteiger partial charge in [-0.2, -0.15) is 13.2 Å². The highest BCUT2D eigenvalue weighted by atomic mass is 79.9. The van der Waals surface area contributed by atoms with E-state index in [1.807, 2.05) is 0 Å². The molecule has 2 heterocycles. The quantitative estimate of drug-likeness (QED) is 0.661. The van der Waals surface area contributed by atoms with Gasteiger partial charge in [0.1, 0.15) is 29.0 Å².